The normalized spacial score (nSPS) is 13.2. The van der Waals surface area contributed by atoms with Crippen molar-refractivity contribution in [1.29, 1.82) is 0 Å². The fourth-order valence-electron chi connectivity index (χ4n) is 2.12. The summed E-state index contributed by atoms with van der Waals surface area (Å²) in [4.78, 5) is 4.56. The zero-order valence-electron chi connectivity index (χ0n) is 13.0. The van der Waals surface area contributed by atoms with E-state index in [2.05, 4.69) is 15.5 Å². The Kier molecular flexibility index (Phi) is 5.31. The molecule has 7 heteroatoms. The average molecular weight is 323 g/mol. The molecule has 2 rings (SSSR count). The highest BCUT2D eigenvalue weighted by Crippen LogP contribution is 2.27. The Hall–Kier alpha value is -1.73. The molecule has 0 aliphatic rings. The van der Waals surface area contributed by atoms with Gasteiger partial charge in [0.25, 0.3) is 5.89 Å². The molecular weight excluding hydrogens is 302 g/mol. The zero-order valence-corrected chi connectivity index (χ0v) is 13.9. The fraction of sp³-hybridized carbons (Fsp3) is 0.467. The highest BCUT2D eigenvalue weighted by atomic mass is 32.2. The summed E-state index contributed by atoms with van der Waals surface area (Å²) < 4.78 is 30.0. The van der Waals surface area contributed by atoms with Gasteiger partial charge in [0.15, 0.2) is 15.7 Å². The summed E-state index contributed by atoms with van der Waals surface area (Å²) >= 11 is 0. The maximum atomic E-state index is 12.4. The van der Waals surface area contributed by atoms with Crippen LogP contribution in [-0.4, -0.2) is 37.4 Å². The van der Waals surface area contributed by atoms with Gasteiger partial charge in [-0.15, -0.1) is 0 Å². The van der Waals surface area contributed by atoms with Gasteiger partial charge in [-0.1, -0.05) is 24.2 Å². The molecule has 22 heavy (non-hydrogen) atoms. The molecule has 0 radical (unpaired) electrons. The van der Waals surface area contributed by atoms with Gasteiger partial charge in [-0.3, -0.25) is 0 Å². The molecule has 0 fully saturated rings. The lowest BCUT2D eigenvalue weighted by Crippen LogP contribution is -2.24. The smallest absolute Gasteiger partial charge is 0.259 e. The van der Waals surface area contributed by atoms with Crippen molar-refractivity contribution in [3.05, 3.63) is 30.1 Å². The van der Waals surface area contributed by atoms with Crippen LogP contribution >= 0.6 is 0 Å². The molecule has 1 aromatic carbocycles. The molecule has 2 aromatic rings. The minimum atomic E-state index is -3.35. The average Bonchev–Trinajstić information content (AvgIpc) is 2.95. The molecule has 1 heterocycles. The standard InChI is InChI=1S/C15H21N3O3S/c1-4-9-22(19,20)13-8-6-5-7-12(13)15-17-14(18-21-15)10-11(2)16-3/h5-8,11,16H,4,9-10H2,1-3H3. The van der Waals surface area contributed by atoms with E-state index in [0.717, 1.165) is 0 Å². The van der Waals surface area contributed by atoms with E-state index in [1.807, 2.05) is 20.9 Å². The summed E-state index contributed by atoms with van der Waals surface area (Å²) in [6.07, 6.45) is 1.18. The van der Waals surface area contributed by atoms with Crippen LogP contribution < -0.4 is 5.32 Å². The summed E-state index contributed by atoms with van der Waals surface area (Å²) in [5, 5.41) is 7.03. The Bertz CT molecular complexity index is 725. The first kappa shape index (κ1) is 16.6. The number of benzene rings is 1. The van der Waals surface area contributed by atoms with Crippen molar-refractivity contribution in [2.45, 2.75) is 37.6 Å². The summed E-state index contributed by atoms with van der Waals surface area (Å²) in [6.45, 7) is 3.85. The number of likely N-dealkylation sites (N-methyl/N-ethyl adjacent to an activating group) is 1. The molecule has 0 aliphatic heterocycles. The van der Waals surface area contributed by atoms with Gasteiger partial charge in [0.05, 0.1) is 16.2 Å². The maximum absolute atomic E-state index is 12.4. The predicted molar refractivity (Wildman–Crippen MR) is 84.3 cm³/mol. The molecule has 1 atom stereocenters. The van der Waals surface area contributed by atoms with Crippen LogP contribution in [0, 0.1) is 0 Å². The fourth-order valence-corrected chi connectivity index (χ4v) is 3.65. The lowest BCUT2D eigenvalue weighted by Gasteiger charge is -2.06. The zero-order chi connectivity index (χ0) is 16.2. The Balaban J connectivity index is 2.38. The number of hydrogen-bond acceptors (Lipinski definition) is 6. The van der Waals surface area contributed by atoms with Crippen LogP contribution in [0.1, 0.15) is 26.1 Å². The van der Waals surface area contributed by atoms with Gasteiger partial charge in [-0.05, 0) is 32.5 Å². The van der Waals surface area contributed by atoms with E-state index in [9.17, 15) is 8.42 Å². The third-order valence-electron chi connectivity index (χ3n) is 3.38. The quantitative estimate of drug-likeness (QED) is 0.839. The van der Waals surface area contributed by atoms with Crippen molar-refractivity contribution in [3.63, 3.8) is 0 Å². The number of aromatic nitrogens is 2. The first-order valence-electron chi connectivity index (χ1n) is 7.30. The van der Waals surface area contributed by atoms with E-state index in [4.69, 9.17) is 4.52 Å². The van der Waals surface area contributed by atoms with Crippen LogP contribution in [-0.2, 0) is 16.3 Å². The van der Waals surface area contributed by atoms with Gasteiger partial charge in [-0.25, -0.2) is 8.42 Å². The van der Waals surface area contributed by atoms with Crippen LogP contribution in [0.2, 0.25) is 0 Å². The lowest BCUT2D eigenvalue weighted by atomic mass is 10.2. The number of nitrogens with zero attached hydrogens (tertiary/aromatic N) is 2. The van der Waals surface area contributed by atoms with Crippen molar-refractivity contribution < 1.29 is 12.9 Å². The third kappa shape index (κ3) is 3.72. The largest absolute Gasteiger partial charge is 0.334 e. The van der Waals surface area contributed by atoms with E-state index in [-0.39, 0.29) is 22.6 Å². The molecule has 0 bridgehead atoms. The molecule has 0 amide bonds. The highest BCUT2D eigenvalue weighted by Gasteiger charge is 2.22. The highest BCUT2D eigenvalue weighted by molar-refractivity contribution is 7.91. The Morgan fingerprint density at radius 1 is 1.32 bits per heavy atom. The van der Waals surface area contributed by atoms with Gasteiger partial charge in [0.1, 0.15) is 0 Å². The van der Waals surface area contributed by atoms with Crippen molar-refractivity contribution in [1.82, 2.24) is 15.5 Å². The van der Waals surface area contributed by atoms with E-state index in [1.165, 1.54) is 0 Å². The monoisotopic (exact) mass is 323 g/mol. The van der Waals surface area contributed by atoms with E-state index in [0.29, 0.717) is 24.2 Å². The van der Waals surface area contributed by atoms with Crippen LogP contribution in [0.15, 0.2) is 33.7 Å². The Morgan fingerprint density at radius 3 is 2.73 bits per heavy atom. The van der Waals surface area contributed by atoms with E-state index in [1.54, 1.807) is 24.3 Å². The van der Waals surface area contributed by atoms with Crippen LogP contribution in [0.5, 0.6) is 0 Å². The lowest BCUT2D eigenvalue weighted by molar-refractivity contribution is 0.417. The van der Waals surface area contributed by atoms with Gasteiger partial charge in [0, 0.05) is 12.5 Å². The summed E-state index contributed by atoms with van der Waals surface area (Å²) in [6, 6.07) is 6.96. The van der Waals surface area contributed by atoms with E-state index >= 15 is 0 Å². The molecule has 1 N–H and O–H groups in total. The molecule has 1 aromatic heterocycles. The maximum Gasteiger partial charge on any atom is 0.259 e. The molecule has 120 valence electrons. The van der Waals surface area contributed by atoms with Crippen molar-refractivity contribution in [2.75, 3.05) is 12.8 Å². The second-order valence-electron chi connectivity index (χ2n) is 5.22. The number of nitrogens with one attached hydrogen (secondary N) is 1. The third-order valence-corrected chi connectivity index (χ3v) is 5.35. The minimum absolute atomic E-state index is 0.0990. The minimum Gasteiger partial charge on any atom is -0.334 e. The number of rotatable bonds is 7. The Labute approximate surface area is 130 Å². The molecule has 1 unspecified atom stereocenters. The van der Waals surface area contributed by atoms with Gasteiger partial charge >= 0.3 is 0 Å². The Morgan fingerprint density at radius 2 is 2.05 bits per heavy atom. The van der Waals surface area contributed by atoms with Gasteiger partial charge < -0.3 is 9.84 Å². The van der Waals surface area contributed by atoms with E-state index < -0.39 is 9.84 Å². The molecular formula is C15H21N3O3S. The molecule has 6 nitrogen and oxygen atoms in total. The van der Waals surface area contributed by atoms with Crippen LogP contribution in [0.4, 0.5) is 0 Å². The van der Waals surface area contributed by atoms with Crippen molar-refractivity contribution in [2.24, 2.45) is 0 Å². The van der Waals surface area contributed by atoms with Gasteiger partial charge in [-0.2, -0.15) is 4.98 Å². The first-order valence-corrected chi connectivity index (χ1v) is 8.95. The second kappa shape index (κ2) is 7.02. The van der Waals surface area contributed by atoms with Crippen molar-refractivity contribution in [3.8, 4) is 11.5 Å². The SMILES string of the molecule is CCCS(=O)(=O)c1ccccc1-c1nc(CC(C)NC)no1. The molecule has 0 aliphatic carbocycles. The first-order chi connectivity index (χ1) is 10.5. The molecule has 0 saturated carbocycles. The summed E-state index contributed by atoms with van der Waals surface area (Å²) in [5.41, 5.74) is 0.465. The van der Waals surface area contributed by atoms with Gasteiger partial charge in [0.2, 0.25) is 0 Å². The summed E-state index contributed by atoms with van der Waals surface area (Å²) in [5.74, 6) is 0.898. The number of sulfone groups is 1. The topological polar surface area (TPSA) is 85.1 Å². The summed E-state index contributed by atoms with van der Waals surface area (Å²) in [7, 11) is -1.49. The van der Waals surface area contributed by atoms with Crippen molar-refractivity contribution >= 4 is 9.84 Å². The molecule has 0 saturated heterocycles. The number of hydrogen-bond donors (Lipinski definition) is 1. The van der Waals surface area contributed by atoms with Crippen LogP contribution in [0.3, 0.4) is 0 Å². The van der Waals surface area contributed by atoms with Crippen LogP contribution in [0.25, 0.3) is 11.5 Å². The molecule has 0 spiro atoms. The second-order valence-corrected chi connectivity index (χ2v) is 7.30. The predicted octanol–water partition coefficient (Wildman–Crippen LogP) is 2.07.